The molecule has 1 aromatic carbocycles. The van der Waals surface area contributed by atoms with Gasteiger partial charge in [0.25, 0.3) is 0 Å². The van der Waals surface area contributed by atoms with Gasteiger partial charge in [-0.15, -0.1) is 0 Å². The number of carbonyl (C=O) groups is 2. The van der Waals surface area contributed by atoms with Crippen LogP contribution in [0.2, 0.25) is 0 Å². The third-order valence-electron chi connectivity index (χ3n) is 4.96. The van der Waals surface area contributed by atoms with Crippen LogP contribution in [0, 0.1) is 0 Å². The zero-order valence-electron chi connectivity index (χ0n) is 14.2. The Kier molecular flexibility index (Phi) is 5.86. The van der Waals surface area contributed by atoms with Crippen molar-refractivity contribution in [3.8, 4) is 0 Å². The fourth-order valence-corrected chi connectivity index (χ4v) is 3.55. The molecule has 24 heavy (non-hydrogen) atoms. The lowest BCUT2D eigenvalue weighted by atomic mass is 10.0. The molecule has 2 fully saturated rings. The van der Waals surface area contributed by atoms with Crippen molar-refractivity contribution < 1.29 is 9.59 Å². The van der Waals surface area contributed by atoms with Gasteiger partial charge >= 0.3 is 0 Å². The van der Waals surface area contributed by atoms with Gasteiger partial charge in [0.2, 0.25) is 11.8 Å². The molecule has 1 aromatic rings. The number of rotatable bonds is 5. The molecule has 0 spiro atoms. The third kappa shape index (κ3) is 4.81. The van der Waals surface area contributed by atoms with E-state index in [0.29, 0.717) is 6.42 Å². The van der Waals surface area contributed by atoms with E-state index < -0.39 is 0 Å². The van der Waals surface area contributed by atoms with Crippen LogP contribution in [0.3, 0.4) is 0 Å². The van der Waals surface area contributed by atoms with Crippen LogP contribution < -0.4 is 5.32 Å². The monoisotopic (exact) mass is 329 g/mol. The molecule has 0 bridgehead atoms. The molecule has 0 saturated carbocycles. The number of amides is 2. The van der Waals surface area contributed by atoms with Gasteiger partial charge < -0.3 is 10.2 Å². The summed E-state index contributed by atoms with van der Waals surface area (Å²) in [6.07, 6.45) is 4.51. The number of likely N-dealkylation sites (tertiary alicyclic amines) is 2. The second kappa shape index (κ2) is 8.29. The first kappa shape index (κ1) is 17.0. The molecular weight excluding hydrogens is 302 g/mol. The predicted octanol–water partition coefficient (Wildman–Crippen LogP) is 1.78. The normalized spacial score (nSPS) is 20.2. The van der Waals surface area contributed by atoms with Crippen molar-refractivity contribution in [1.82, 2.24) is 15.1 Å². The van der Waals surface area contributed by atoms with Crippen LogP contribution in [0.5, 0.6) is 0 Å². The first-order valence-corrected chi connectivity index (χ1v) is 9.04. The quantitative estimate of drug-likeness (QED) is 0.896. The van der Waals surface area contributed by atoms with Crippen LogP contribution in [0.4, 0.5) is 0 Å². The fraction of sp³-hybridized carbons (Fsp3) is 0.579. The minimum Gasteiger partial charge on any atom is -0.352 e. The van der Waals surface area contributed by atoms with Crippen molar-refractivity contribution >= 4 is 11.8 Å². The van der Waals surface area contributed by atoms with Crippen molar-refractivity contribution in [2.24, 2.45) is 0 Å². The van der Waals surface area contributed by atoms with Crippen LogP contribution in [0.25, 0.3) is 0 Å². The Morgan fingerprint density at radius 3 is 2.54 bits per heavy atom. The van der Waals surface area contributed by atoms with Gasteiger partial charge in [-0.2, -0.15) is 0 Å². The molecule has 130 valence electrons. The zero-order chi connectivity index (χ0) is 16.8. The molecule has 0 radical (unpaired) electrons. The minimum atomic E-state index is -0.00763. The summed E-state index contributed by atoms with van der Waals surface area (Å²) in [6.45, 7) is 3.93. The summed E-state index contributed by atoms with van der Waals surface area (Å²) in [5.41, 5.74) is 1.34. The van der Waals surface area contributed by atoms with Crippen molar-refractivity contribution in [2.75, 3.05) is 26.2 Å². The molecule has 2 heterocycles. The highest BCUT2D eigenvalue weighted by Crippen LogP contribution is 2.14. The lowest BCUT2D eigenvalue weighted by Gasteiger charge is -2.33. The van der Waals surface area contributed by atoms with Gasteiger partial charge in [-0.05, 0) is 31.2 Å². The maximum absolute atomic E-state index is 12.2. The minimum absolute atomic E-state index is 0.00763. The van der Waals surface area contributed by atoms with Gasteiger partial charge in [0.15, 0.2) is 0 Å². The van der Waals surface area contributed by atoms with E-state index in [1.807, 2.05) is 6.07 Å². The van der Waals surface area contributed by atoms with Gasteiger partial charge in [-0.25, -0.2) is 0 Å². The van der Waals surface area contributed by atoms with Gasteiger partial charge in [-0.1, -0.05) is 30.3 Å². The Labute approximate surface area is 144 Å². The first-order chi connectivity index (χ1) is 11.7. The van der Waals surface area contributed by atoms with E-state index in [-0.39, 0.29) is 24.4 Å². The summed E-state index contributed by atoms with van der Waals surface area (Å²) < 4.78 is 0. The topological polar surface area (TPSA) is 52.7 Å². The van der Waals surface area contributed by atoms with Gasteiger partial charge in [0.05, 0.1) is 6.54 Å². The molecule has 2 saturated heterocycles. The number of hydrogen-bond acceptors (Lipinski definition) is 3. The maximum Gasteiger partial charge on any atom is 0.239 e. The number of nitrogens with one attached hydrogen (secondary N) is 1. The molecule has 0 atom stereocenters. The van der Waals surface area contributed by atoms with Crippen LogP contribution in [-0.4, -0.2) is 53.8 Å². The molecule has 5 heteroatoms. The van der Waals surface area contributed by atoms with Gasteiger partial charge in [0, 0.05) is 38.6 Å². The Balaban J connectivity index is 1.38. The van der Waals surface area contributed by atoms with Crippen molar-refractivity contribution in [2.45, 2.75) is 44.7 Å². The molecule has 5 nitrogen and oxygen atoms in total. The average Bonchev–Trinajstić information content (AvgIpc) is 2.60. The molecule has 2 amide bonds. The van der Waals surface area contributed by atoms with Crippen molar-refractivity contribution in [3.05, 3.63) is 35.9 Å². The Morgan fingerprint density at radius 2 is 1.83 bits per heavy atom. The highest BCUT2D eigenvalue weighted by molar-refractivity contribution is 5.85. The number of carbonyl (C=O) groups excluding carboxylic acids is 2. The van der Waals surface area contributed by atoms with Gasteiger partial charge in [0.1, 0.15) is 0 Å². The molecule has 0 aromatic heterocycles. The number of benzene rings is 1. The Hall–Kier alpha value is -1.88. The Morgan fingerprint density at radius 1 is 1.08 bits per heavy atom. The lowest BCUT2D eigenvalue weighted by Crippen LogP contribution is -2.48. The third-order valence-corrected chi connectivity index (χ3v) is 4.96. The van der Waals surface area contributed by atoms with E-state index >= 15 is 0 Å². The highest BCUT2D eigenvalue weighted by Gasteiger charge is 2.24. The summed E-state index contributed by atoms with van der Waals surface area (Å²) >= 11 is 0. The average molecular weight is 329 g/mol. The highest BCUT2D eigenvalue weighted by atomic mass is 16.2. The Bertz CT molecular complexity index is 553. The van der Waals surface area contributed by atoms with Crippen LogP contribution >= 0.6 is 0 Å². The number of nitrogens with zero attached hydrogens (tertiary/aromatic N) is 2. The summed E-state index contributed by atoms with van der Waals surface area (Å²) in [5, 5.41) is 3.11. The van der Waals surface area contributed by atoms with Crippen molar-refractivity contribution in [1.29, 1.82) is 0 Å². The van der Waals surface area contributed by atoms with Crippen molar-refractivity contribution in [3.63, 3.8) is 0 Å². The van der Waals surface area contributed by atoms with E-state index in [1.54, 1.807) is 4.90 Å². The van der Waals surface area contributed by atoms with E-state index in [1.165, 1.54) is 5.56 Å². The molecule has 0 unspecified atom stereocenters. The molecule has 0 aliphatic carbocycles. The fourth-order valence-electron chi connectivity index (χ4n) is 3.55. The summed E-state index contributed by atoms with van der Waals surface area (Å²) in [5.74, 6) is 0.112. The van der Waals surface area contributed by atoms with Crippen LogP contribution in [0.1, 0.15) is 37.7 Å². The lowest BCUT2D eigenvalue weighted by molar-refractivity contribution is -0.138. The number of piperidine rings is 2. The molecule has 2 aliphatic heterocycles. The molecular formula is C19H27N3O2. The smallest absolute Gasteiger partial charge is 0.239 e. The summed E-state index contributed by atoms with van der Waals surface area (Å²) in [4.78, 5) is 28.1. The zero-order valence-corrected chi connectivity index (χ0v) is 14.2. The van der Waals surface area contributed by atoms with E-state index in [4.69, 9.17) is 0 Å². The van der Waals surface area contributed by atoms with E-state index in [2.05, 4.69) is 34.5 Å². The largest absolute Gasteiger partial charge is 0.352 e. The predicted molar refractivity (Wildman–Crippen MR) is 93.3 cm³/mol. The van der Waals surface area contributed by atoms with E-state index in [9.17, 15) is 9.59 Å². The molecule has 3 rings (SSSR count). The van der Waals surface area contributed by atoms with Crippen LogP contribution in [0.15, 0.2) is 30.3 Å². The standard InChI is InChI=1S/C19H27N3O2/c23-18(15-22-11-5-4-8-19(22)24)20-17-9-12-21(13-10-17)14-16-6-2-1-3-7-16/h1-3,6-7,17H,4-5,8-15H2,(H,20,23). The number of hydrogen-bond donors (Lipinski definition) is 1. The SMILES string of the molecule is O=C(CN1CCCCC1=O)NC1CCN(Cc2ccccc2)CC1. The second-order valence-electron chi connectivity index (χ2n) is 6.88. The summed E-state index contributed by atoms with van der Waals surface area (Å²) in [6, 6.07) is 10.7. The maximum atomic E-state index is 12.2. The molecule has 1 N–H and O–H groups in total. The summed E-state index contributed by atoms with van der Waals surface area (Å²) in [7, 11) is 0. The molecule has 2 aliphatic rings. The first-order valence-electron chi connectivity index (χ1n) is 9.04. The van der Waals surface area contributed by atoms with Crippen LogP contribution in [-0.2, 0) is 16.1 Å². The van der Waals surface area contributed by atoms with Gasteiger partial charge in [-0.3, -0.25) is 14.5 Å². The second-order valence-corrected chi connectivity index (χ2v) is 6.88. The van der Waals surface area contributed by atoms with E-state index in [0.717, 1.165) is 51.9 Å².